The summed E-state index contributed by atoms with van der Waals surface area (Å²) in [5.74, 6) is -9.78. The third kappa shape index (κ3) is 4.02. The molecular weight excluding hydrogens is 480 g/mol. The predicted octanol–water partition coefficient (Wildman–Crippen LogP) is 0.422. The number of aliphatic hydroxyl groups excluding tert-OH is 1. The zero-order valence-corrected chi connectivity index (χ0v) is 21.3. The minimum Gasteiger partial charge on any atom is -0.507 e. The van der Waals surface area contributed by atoms with Crippen molar-refractivity contribution < 1.29 is 39.3 Å². The first-order valence-electron chi connectivity index (χ1n) is 12.7. The molecule has 2 saturated carbocycles. The first-order chi connectivity index (χ1) is 17.4. The summed E-state index contributed by atoms with van der Waals surface area (Å²) in [7, 11) is 3.18. The maximum atomic E-state index is 13.8. The number of phenolic OH excluding ortho intramolecular Hbond substituents is 1. The number of Topliss-reactive ketones (excluding diaryl/α,β-unsaturated/α-hetero) is 4. The number of carbonyl (C=O) groups is 5. The summed E-state index contributed by atoms with van der Waals surface area (Å²) in [6.07, 6.45) is 1.34. The number of hydrogen-bond acceptors (Lipinski definition) is 9. The number of aromatic hydroxyl groups is 1. The molecule has 10 heteroatoms. The molecular formula is C27H34N2O8. The quantitative estimate of drug-likeness (QED) is 0.228. The Morgan fingerprint density at radius 3 is 2.41 bits per heavy atom. The molecule has 1 amide bonds. The normalized spacial score (nSPS) is 33.1. The van der Waals surface area contributed by atoms with E-state index < -0.39 is 64.7 Å². The molecule has 0 radical (unpaired) electrons. The topological polar surface area (TPSA) is 175 Å². The highest BCUT2D eigenvalue weighted by atomic mass is 16.3. The molecule has 2 fully saturated rings. The molecule has 10 nitrogen and oxygen atoms in total. The number of unbranched alkanes of at least 4 members (excludes halogenated alkanes) is 2. The van der Waals surface area contributed by atoms with E-state index in [4.69, 9.17) is 5.73 Å². The van der Waals surface area contributed by atoms with E-state index in [0.717, 1.165) is 12.8 Å². The zero-order valence-electron chi connectivity index (χ0n) is 21.3. The van der Waals surface area contributed by atoms with Crippen LogP contribution in [0.25, 0.3) is 0 Å². The van der Waals surface area contributed by atoms with Gasteiger partial charge in [0.15, 0.2) is 28.7 Å². The van der Waals surface area contributed by atoms with Crippen LogP contribution in [0.2, 0.25) is 0 Å². The second kappa shape index (κ2) is 9.74. The van der Waals surface area contributed by atoms with E-state index in [2.05, 4.69) is 0 Å². The SMILES string of the molecule is CCCCCC(=O)c1ccc(O)c2c1C[C@@H]1C[C@@H]3[C@@H](N(C)C)C(O)C(C(N)=O)C(=O)[C@]3(O)C(=O)C1C2=O. The monoisotopic (exact) mass is 514 g/mol. The molecule has 5 N–H and O–H groups in total. The van der Waals surface area contributed by atoms with Crippen LogP contribution in [0.15, 0.2) is 12.1 Å². The van der Waals surface area contributed by atoms with Gasteiger partial charge in [0.2, 0.25) is 5.91 Å². The van der Waals surface area contributed by atoms with Gasteiger partial charge in [-0.1, -0.05) is 19.8 Å². The second-order valence-electron chi connectivity index (χ2n) is 10.8. The highest BCUT2D eigenvalue weighted by Gasteiger charge is 2.69. The maximum absolute atomic E-state index is 13.8. The number of nitrogens with two attached hydrogens (primary N) is 1. The van der Waals surface area contributed by atoms with Crippen molar-refractivity contribution >= 4 is 29.0 Å². The molecule has 0 aromatic heterocycles. The molecule has 7 atom stereocenters. The van der Waals surface area contributed by atoms with E-state index in [1.807, 2.05) is 6.92 Å². The van der Waals surface area contributed by atoms with Gasteiger partial charge < -0.3 is 26.0 Å². The van der Waals surface area contributed by atoms with Crippen molar-refractivity contribution in [1.29, 1.82) is 0 Å². The fourth-order valence-corrected chi connectivity index (χ4v) is 6.75. The van der Waals surface area contributed by atoms with E-state index in [1.165, 1.54) is 17.0 Å². The van der Waals surface area contributed by atoms with Crippen molar-refractivity contribution in [3.8, 4) is 5.75 Å². The molecule has 37 heavy (non-hydrogen) atoms. The lowest BCUT2D eigenvalue weighted by molar-refractivity contribution is -0.190. The molecule has 0 aliphatic heterocycles. The second-order valence-corrected chi connectivity index (χ2v) is 10.8. The number of benzene rings is 1. The van der Waals surface area contributed by atoms with Crippen LogP contribution in [0.3, 0.4) is 0 Å². The van der Waals surface area contributed by atoms with Gasteiger partial charge in [-0.2, -0.15) is 0 Å². The first kappa shape index (κ1) is 27.1. The lowest BCUT2D eigenvalue weighted by atomic mass is 9.52. The number of nitrogens with zero attached hydrogens (tertiary/aromatic N) is 1. The van der Waals surface area contributed by atoms with E-state index in [-0.39, 0.29) is 36.4 Å². The predicted molar refractivity (Wildman–Crippen MR) is 131 cm³/mol. The molecule has 3 unspecified atom stereocenters. The third-order valence-corrected chi connectivity index (χ3v) is 8.48. The van der Waals surface area contributed by atoms with Crippen molar-refractivity contribution in [1.82, 2.24) is 4.90 Å². The van der Waals surface area contributed by atoms with Crippen LogP contribution in [-0.2, 0) is 20.8 Å². The van der Waals surface area contributed by atoms with Crippen molar-refractivity contribution in [2.75, 3.05) is 14.1 Å². The number of rotatable bonds is 7. The number of amides is 1. The van der Waals surface area contributed by atoms with Crippen LogP contribution in [-0.4, -0.2) is 81.1 Å². The Hall–Kier alpha value is -2.95. The Balaban J connectivity index is 1.80. The summed E-state index contributed by atoms with van der Waals surface area (Å²) in [6.45, 7) is 2.02. The van der Waals surface area contributed by atoms with Gasteiger partial charge in [0, 0.05) is 23.9 Å². The Morgan fingerprint density at radius 1 is 1.14 bits per heavy atom. The number of hydrogen-bond donors (Lipinski definition) is 4. The summed E-state index contributed by atoms with van der Waals surface area (Å²) in [5.41, 5.74) is 3.22. The van der Waals surface area contributed by atoms with E-state index >= 15 is 0 Å². The molecule has 3 aliphatic carbocycles. The average molecular weight is 515 g/mol. The summed E-state index contributed by atoms with van der Waals surface area (Å²) in [5, 5.41) is 33.1. The van der Waals surface area contributed by atoms with Crippen molar-refractivity contribution in [2.45, 2.75) is 63.2 Å². The molecule has 1 aromatic rings. The number of fused-ring (bicyclic) bond motifs is 3. The van der Waals surface area contributed by atoms with Gasteiger partial charge in [-0.3, -0.25) is 24.0 Å². The summed E-state index contributed by atoms with van der Waals surface area (Å²) in [4.78, 5) is 67.4. The van der Waals surface area contributed by atoms with Crippen molar-refractivity contribution in [3.05, 3.63) is 28.8 Å². The molecule has 3 aliphatic rings. The van der Waals surface area contributed by atoms with Gasteiger partial charge in [-0.25, -0.2) is 0 Å². The zero-order chi connectivity index (χ0) is 27.4. The van der Waals surface area contributed by atoms with Crippen LogP contribution in [0.4, 0.5) is 0 Å². The molecule has 1 aromatic carbocycles. The van der Waals surface area contributed by atoms with Crippen LogP contribution < -0.4 is 5.73 Å². The van der Waals surface area contributed by atoms with Gasteiger partial charge in [-0.15, -0.1) is 0 Å². The minimum atomic E-state index is -2.70. The lowest BCUT2D eigenvalue weighted by Crippen LogP contribution is -2.75. The van der Waals surface area contributed by atoms with Crippen LogP contribution >= 0.6 is 0 Å². The first-order valence-corrected chi connectivity index (χ1v) is 12.7. The molecule has 0 spiro atoms. The Kier molecular flexibility index (Phi) is 7.13. The molecule has 0 saturated heterocycles. The van der Waals surface area contributed by atoms with Crippen molar-refractivity contribution in [2.24, 2.45) is 29.4 Å². The fraction of sp³-hybridized carbons (Fsp3) is 0.593. The van der Waals surface area contributed by atoms with Gasteiger partial charge in [0.25, 0.3) is 0 Å². The van der Waals surface area contributed by atoms with Gasteiger partial charge in [0.05, 0.1) is 17.6 Å². The number of aliphatic hydroxyl groups is 2. The number of likely N-dealkylation sites (N-methyl/N-ethyl adjacent to an activating group) is 1. The van der Waals surface area contributed by atoms with Gasteiger partial charge in [-0.05, 0) is 57.0 Å². The lowest BCUT2D eigenvalue weighted by Gasteiger charge is -2.54. The molecule has 0 bridgehead atoms. The third-order valence-electron chi connectivity index (χ3n) is 8.48. The molecule has 4 rings (SSSR count). The summed E-state index contributed by atoms with van der Waals surface area (Å²) in [6, 6.07) is 1.77. The molecule has 200 valence electrons. The summed E-state index contributed by atoms with van der Waals surface area (Å²) >= 11 is 0. The van der Waals surface area contributed by atoms with Gasteiger partial charge >= 0.3 is 0 Å². The Bertz CT molecular complexity index is 1180. The number of ketones is 4. The largest absolute Gasteiger partial charge is 0.507 e. The standard InChI is InChI=1S/C27H34N2O8/c1-4-5-6-7-16(30)13-8-9-17(31)19-14(13)10-12-11-15-21(29(2)3)23(33)20(26(28)36)25(35)27(15,37)24(34)18(12)22(19)32/h8-9,12,15,18,20-21,23,31,33,37H,4-7,10-11H2,1-3H3,(H2,28,36)/t12-,15-,18?,20?,21-,23?,27-/m1/s1. The van der Waals surface area contributed by atoms with Crippen LogP contribution in [0, 0.1) is 23.7 Å². The molecule has 0 heterocycles. The smallest absolute Gasteiger partial charge is 0.230 e. The fourth-order valence-electron chi connectivity index (χ4n) is 6.75. The number of primary amides is 1. The Labute approximate surface area is 214 Å². The van der Waals surface area contributed by atoms with Crippen LogP contribution in [0.1, 0.15) is 65.3 Å². The average Bonchev–Trinajstić information content (AvgIpc) is 2.81. The number of phenols is 1. The van der Waals surface area contributed by atoms with Gasteiger partial charge in [0.1, 0.15) is 11.7 Å². The highest BCUT2D eigenvalue weighted by molar-refractivity contribution is 6.25. The highest BCUT2D eigenvalue weighted by Crippen LogP contribution is 2.51. The van der Waals surface area contributed by atoms with Crippen molar-refractivity contribution in [3.63, 3.8) is 0 Å². The number of carbonyl (C=O) groups excluding carboxylic acids is 5. The van der Waals surface area contributed by atoms with E-state index in [1.54, 1.807) is 14.1 Å². The van der Waals surface area contributed by atoms with Crippen LogP contribution in [0.5, 0.6) is 5.75 Å². The summed E-state index contributed by atoms with van der Waals surface area (Å²) < 4.78 is 0. The van der Waals surface area contributed by atoms with E-state index in [0.29, 0.717) is 17.5 Å². The Morgan fingerprint density at radius 2 is 1.81 bits per heavy atom. The minimum absolute atomic E-state index is 0.00827. The van der Waals surface area contributed by atoms with E-state index in [9.17, 15) is 39.3 Å². The maximum Gasteiger partial charge on any atom is 0.230 e.